The van der Waals surface area contributed by atoms with Gasteiger partial charge in [0.1, 0.15) is 5.67 Å². The van der Waals surface area contributed by atoms with Crippen LogP contribution in [0.2, 0.25) is 0 Å². The van der Waals surface area contributed by atoms with E-state index in [1.807, 2.05) is 32.2 Å². The number of unbranched alkanes of at least 4 members (excludes halogenated alkanes) is 2. The fraction of sp³-hybridized carbons (Fsp3) is 0.500. The summed E-state index contributed by atoms with van der Waals surface area (Å²) < 4.78 is 13.9. The van der Waals surface area contributed by atoms with Crippen molar-refractivity contribution >= 4 is 5.69 Å². The summed E-state index contributed by atoms with van der Waals surface area (Å²) >= 11 is 0. The van der Waals surface area contributed by atoms with Gasteiger partial charge in [0, 0.05) is 12.7 Å². The Labute approximate surface area is 272 Å². The maximum Gasteiger partial charge on any atom is 0.130 e. The van der Waals surface area contributed by atoms with E-state index in [0.717, 1.165) is 23.6 Å². The second-order valence-electron chi connectivity index (χ2n) is 12.5. The number of alkyl halides is 1. The number of nitrogens with one attached hydrogen (secondary N) is 1. The van der Waals surface area contributed by atoms with Gasteiger partial charge in [-0.1, -0.05) is 135 Å². The molecule has 0 bridgehead atoms. The molecule has 1 nitrogen and oxygen atoms in total. The molecule has 1 N–H and O–H groups in total. The van der Waals surface area contributed by atoms with Gasteiger partial charge < -0.3 is 5.32 Å². The molecule has 3 aromatic carbocycles. The summed E-state index contributed by atoms with van der Waals surface area (Å²) in [5, 5.41) is 3.18. The van der Waals surface area contributed by atoms with Crippen molar-refractivity contribution in [1.29, 1.82) is 0 Å². The second-order valence-corrected chi connectivity index (χ2v) is 12.5. The first-order valence-electron chi connectivity index (χ1n) is 16.9. The van der Waals surface area contributed by atoms with E-state index in [9.17, 15) is 4.39 Å². The average molecular weight is 602 g/mol. The Hall–Kier alpha value is -3.09. The molecule has 0 aliphatic rings. The normalized spacial score (nSPS) is 11.0. The molecule has 2 heteroatoms. The molecular formula is C42H64FN. The molecule has 244 valence electrons. The number of hydrogen-bond donors (Lipinski definition) is 1. The lowest BCUT2D eigenvalue weighted by atomic mass is 9.90. The van der Waals surface area contributed by atoms with E-state index in [0.29, 0.717) is 5.92 Å². The lowest BCUT2D eigenvalue weighted by Crippen LogP contribution is -2.09. The van der Waals surface area contributed by atoms with Crippen molar-refractivity contribution in [1.82, 2.24) is 0 Å². The smallest absolute Gasteiger partial charge is 0.130 e. The highest BCUT2D eigenvalue weighted by Gasteiger charge is 2.19. The molecule has 0 amide bonds. The number of benzene rings is 3. The van der Waals surface area contributed by atoms with Gasteiger partial charge in [-0.15, -0.1) is 5.73 Å². The van der Waals surface area contributed by atoms with Crippen LogP contribution in [0.3, 0.4) is 0 Å². The highest BCUT2D eigenvalue weighted by atomic mass is 19.1. The van der Waals surface area contributed by atoms with Crippen LogP contribution >= 0.6 is 0 Å². The van der Waals surface area contributed by atoms with Crippen LogP contribution in [0.4, 0.5) is 10.1 Å². The summed E-state index contributed by atoms with van der Waals surface area (Å²) in [7, 11) is 1.95. The van der Waals surface area contributed by atoms with Gasteiger partial charge in [0.05, 0.1) is 0 Å². The summed E-state index contributed by atoms with van der Waals surface area (Å²) in [4.78, 5) is 0. The van der Waals surface area contributed by atoms with Crippen LogP contribution in [0.5, 0.6) is 0 Å². The standard InChI is InChI=1S/C16H25F.C16H19N.C6H14.C4H6/c1-5-6-7-9-13(2)14-10-8-11-15(12-14)16(3,4)17;1-4-13-10-15(9-8-12(13)2)14-6-5-7-16(11-14)17-3;1-4-5-6(2)3;1-3-4-2/h8,10-13H,5-7,9H2,1-4H3;5-11,17H,4H2,1-3H3;6H,4-5H2,1-3H3;4H,1H2,2H3. The van der Waals surface area contributed by atoms with Crippen molar-refractivity contribution in [2.45, 2.75) is 126 Å². The minimum absolute atomic E-state index is 0.531. The maximum atomic E-state index is 13.9. The van der Waals surface area contributed by atoms with E-state index in [1.165, 1.54) is 66.3 Å². The molecule has 0 heterocycles. The number of anilines is 1. The SMILES string of the molecule is C=C=CC.CCCC(C)C.CCCCCC(C)c1cccc(C(C)(C)F)c1.CCc1cc(-c2cccc(NC)c2)ccc1C. The van der Waals surface area contributed by atoms with Crippen molar-refractivity contribution in [3.05, 3.63) is 107 Å². The first-order chi connectivity index (χ1) is 20.9. The summed E-state index contributed by atoms with van der Waals surface area (Å²) in [5.41, 5.74) is 9.90. The molecule has 0 aliphatic carbocycles. The van der Waals surface area contributed by atoms with Crippen molar-refractivity contribution < 1.29 is 4.39 Å². The summed E-state index contributed by atoms with van der Waals surface area (Å²) in [5.74, 6) is 1.43. The molecule has 3 rings (SSSR count). The fourth-order valence-corrected chi connectivity index (χ4v) is 4.75. The molecule has 0 aromatic heterocycles. The van der Waals surface area contributed by atoms with Crippen LogP contribution in [-0.2, 0) is 12.1 Å². The van der Waals surface area contributed by atoms with E-state index in [-0.39, 0.29) is 0 Å². The summed E-state index contributed by atoms with van der Waals surface area (Å²) in [6.45, 7) is 24.0. The van der Waals surface area contributed by atoms with Crippen LogP contribution in [0.1, 0.15) is 129 Å². The van der Waals surface area contributed by atoms with Gasteiger partial charge in [-0.2, -0.15) is 0 Å². The van der Waals surface area contributed by atoms with Gasteiger partial charge in [-0.25, -0.2) is 4.39 Å². The van der Waals surface area contributed by atoms with E-state index in [2.05, 4.69) is 115 Å². The first kappa shape index (κ1) is 40.9. The average Bonchev–Trinajstić information content (AvgIpc) is 3.01. The molecular weight excluding hydrogens is 537 g/mol. The predicted octanol–water partition coefficient (Wildman–Crippen LogP) is 13.6. The highest BCUT2D eigenvalue weighted by molar-refractivity contribution is 5.69. The molecule has 0 radical (unpaired) electrons. The van der Waals surface area contributed by atoms with Crippen LogP contribution in [0, 0.1) is 12.8 Å². The largest absolute Gasteiger partial charge is 0.388 e. The van der Waals surface area contributed by atoms with Gasteiger partial charge in [-0.05, 0) is 104 Å². The van der Waals surface area contributed by atoms with Gasteiger partial charge in [-0.3, -0.25) is 0 Å². The first-order valence-corrected chi connectivity index (χ1v) is 16.9. The van der Waals surface area contributed by atoms with E-state index in [1.54, 1.807) is 19.9 Å². The zero-order valence-electron chi connectivity index (χ0n) is 30.1. The molecule has 3 aromatic rings. The Morgan fingerprint density at radius 2 is 1.50 bits per heavy atom. The Balaban J connectivity index is 0.000000646. The number of halogens is 1. The highest BCUT2D eigenvalue weighted by Crippen LogP contribution is 2.29. The van der Waals surface area contributed by atoms with E-state index >= 15 is 0 Å². The third-order valence-corrected chi connectivity index (χ3v) is 7.67. The molecule has 0 spiro atoms. The topological polar surface area (TPSA) is 12.0 Å². The molecule has 1 unspecified atom stereocenters. The minimum atomic E-state index is -1.24. The molecule has 0 aliphatic heterocycles. The van der Waals surface area contributed by atoms with E-state index < -0.39 is 5.67 Å². The van der Waals surface area contributed by atoms with Crippen molar-refractivity contribution in [2.75, 3.05) is 12.4 Å². The van der Waals surface area contributed by atoms with Crippen molar-refractivity contribution in [2.24, 2.45) is 5.92 Å². The fourth-order valence-electron chi connectivity index (χ4n) is 4.75. The van der Waals surface area contributed by atoms with E-state index in [4.69, 9.17) is 0 Å². The molecule has 0 saturated heterocycles. The molecule has 0 fully saturated rings. The molecule has 1 atom stereocenters. The van der Waals surface area contributed by atoms with Gasteiger partial charge in [0.25, 0.3) is 0 Å². The lowest BCUT2D eigenvalue weighted by Gasteiger charge is -2.18. The van der Waals surface area contributed by atoms with Gasteiger partial charge >= 0.3 is 0 Å². The van der Waals surface area contributed by atoms with Crippen molar-refractivity contribution in [3.63, 3.8) is 0 Å². The quantitative estimate of drug-likeness (QED) is 0.170. The number of hydrogen-bond acceptors (Lipinski definition) is 1. The third kappa shape index (κ3) is 17.3. The number of rotatable bonds is 11. The maximum absolute atomic E-state index is 13.9. The minimum Gasteiger partial charge on any atom is -0.388 e. The third-order valence-electron chi connectivity index (χ3n) is 7.67. The Morgan fingerprint density at radius 1 is 0.864 bits per heavy atom. The summed E-state index contributed by atoms with van der Waals surface area (Å²) in [6.07, 6.45) is 10.6. The van der Waals surface area contributed by atoms with Crippen LogP contribution in [-0.4, -0.2) is 7.05 Å². The van der Waals surface area contributed by atoms with Crippen LogP contribution in [0.15, 0.2) is 85.1 Å². The van der Waals surface area contributed by atoms with Crippen LogP contribution < -0.4 is 5.32 Å². The molecule has 44 heavy (non-hydrogen) atoms. The predicted molar refractivity (Wildman–Crippen MR) is 198 cm³/mol. The van der Waals surface area contributed by atoms with Crippen molar-refractivity contribution in [3.8, 4) is 11.1 Å². The monoisotopic (exact) mass is 602 g/mol. The summed E-state index contributed by atoms with van der Waals surface area (Å²) in [6, 6.07) is 23.2. The number of allylic oxidation sites excluding steroid dienone is 1. The molecule has 0 saturated carbocycles. The zero-order chi connectivity index (χ0) is 33.5. The van der Waals surface area contributed by atoms with Gasteiger partial charge in [0.2, 0.25) is 0 Å². The number of aryl methyl sites for hydroxylation is 2. The lowest BCUT2D eigenvalue weighted by molar-refractivity contribution is 0.221. The zero-order valence-corrected chi connectivity index (χ0v) is 30.1. The van der Waals surface area contributed by atoms with Crippen LogP contribution in [0.25, 0.3) is 11.1 Å². The Morgan fingerprint density at radius 3 is 2.00 bits per heavy atom. The Bertz CT molecular complexity index is 1210. The Kier molecular flexibility index (Phi) is 21.7. The second kappa shape index (κ2) is 23.3. The van der Waals surface area contributed by atoms with Gasteiger partial charge in [0.15, 0.2) is 0 Å².